The maximum atomic E-state index is 12.1. The van der Waals surface area contributed by atoms with Gasteiger partial charge in [-0.25, -0.2) is 4.98 Å². The molecule has 0 aliphatic rings. The maximum absolute atomic E-state index is 12.1. The molecule has 23 heavy (non-hydrogen) atoms. The highest BCUT2D eigenvalue weighted by molar-refractivity contribution is 6.30. The normalized spacial score (nSPS) is 10.6. The molecule has 0 atom stereocenters. The fourth-order valence-electron chi connectivity index (χ4n) is 2.10. The smallest absolute Gasteiger partial charge is 0.269 e. The van der Waals surface area contributed by atoms with Gasteiger partial charge in [0.15, 0.2) is 5.82 Å². The van der Waals surface area contributed by atoms with E-state index in [0.29, 0.717) is 21.9 Å². The topological polar surface area (TPSA) is 66.9 Å². The van der Waals surface area contributed by atoms with Crippen LogP contribution < -0.4 is 10.9 Å². The number of hydrazine groups is 1. The van der Waals surface area contributed by atoms with Gasteiger partial charge in [-0.3, -0.25) is 15.6 Å². The van der Waals surface area contributed by atoms with Gasteiger partial charge in [-0.05, 0) is 54.9 Å². The molecule has 2 aromatic carbocycles. The molecule has 0 aliphatic heterocycles. The van der Waals surface area contributed by atoms with Gasteiger partial charge in [0, 0.05) is 16.0 Å². The van der Waals surface area contributed by atoms with Gasteiger partial charge in [-0.1, -0.05) is 23.2 Å². The number of aromatic nitrogens is 2. The Morgan fingerprint density at radius 1 is 1.04 bits per heavy atom. The summed E-state index contributed by atoms with van der Waals surface area (Å²) in [5.74, 6) is 0.128. The summed E-state index contributed by atoms with van der Waals surface area (Å²) in [5, 5.41) is 1.44. The second-order valence-electron chi connectivity index (χ2n) is 4.95. The minimum absolute atomic E-state index is 0.101. The highest BCUT2D eigenvalue weighted by atomic mass is 35.5. The van der Waals surface area contributed by atoms with E-state index in [4.69, 9.17) is 23.2 Å². The van der Waals surface area contributed by atoms with Crippen LogP contribution in [0.1, 0.15) is 15.9 Å². The summed E-state index contributed by atoms with van der Waals surface area (Å²) in [4.78, 5) is 20.4. The number of hydrogen-bond donors (Lipinski definition) is 2. The Balaban J connectivity index is 1.85. The molecule has 0 saturated carbocycles. The number of hydrogen-bond acceptors (Lipinski definition) is 4. The third-order valence-electron chi connectivity index (χ3n) is 3.22. The van der Waals surface area contributed by atoms with Gasteiger partial charge in [-0.2, -0.15) is 4.98 Å². The van der Waals surface area contributed by atoms with E-state index in [1.54, 1.807) is 24.3 Å². The first-order valence-corrected chi connectivity index (χ1v) is 7.54. The molecule has 1 amide bonds. The second-order valence-corrected chi connectivity index (χ2v) is 5.72. The Bertz CT molecular complexity index is 881. The monoisotopic (exact) mass is 346 g/mol. The Labute approximate surface area is 142 Å². The summed E-state index contributed by atoms with van der Waals surface area (Å²) in [6.07, 6.45) is 0. The number of anilines is 1. The number of nitrogens with zero attached hydrogens (tertiary/aromatic N) is 2. The van der Waals surface area contributed by atoms with E-state index >= 15 is 0 Å². The number of rotatable bonds is 3. The van der Waals surface area contributed by atoms with E-state index in [-0.39, 0.29) is 11.2 Å². The van der Waals surface area contributed by atoms with E-state index < -0.39 is 0 Å². The third kappa shape index (κ3) is 3.52. The quantitative estimate of drug-likeness (QED) is 0.555. The minimum Gasteiger partial charge on any atom is -0.281 e. The predicted molar refractivity (Wildman–Crippen MR) is 91.8 cm³/mol. The maximum Gasteiger partial charge on any atom is 0.269 e. The lowest BCUT2D eigenvalue weighted by molar-refractivity contribution is 0.0962. The van der Waals surface area contributed by atoms with Gasteiger partial charge in [0.1, 0.15) is 0 Å². The lowest BCUT2D eigenvalue weighted by Gasteiger charge is -2.11. The van der Waals surface area contributed by atoms with Crippen LogP contribution in [0.2, 0.25) is 10.3 Å². The summed E-state index contributed by atoms with van der Waals surface area (Å²) < 4.78 is 0. The van der Waals surface area contributed by atoms with Crippen molar-refractivity contribution in [3.05, 3.63) is 63.9 Å². The first kappa shape index (κ1) is 15.5. The zero-order valence-corrected chi connectivity index (χ0v) is 13.6. The molecule has 5 nitrogen and oxygen atoms in total. The number of aryl methyl sites for hydroxylation is 1. The number of carbonyl (C=O) groups is 1. The third-order valence-corrected chi connectivity index (χ3v) is 3.65. The van der Waals surface area contributed by atoms with Gasteiger partial charge in [-0.15, -0.1) is 0 Å². The van der Waals surface area contributed by atoms with E-state index in [1.165, 1.54) is 0 Å². The summed E-state index contributed by atoms with van der Waals surface area (Å²) in [6, 6.07) is 12.3. The Kier molecular flexibility index (Phi) is 4.32. The minimum atomic E-state index is -0.308. The van der Waals surface area contributed by atoms with E-state index in [2.05, 4.69) is 20.8 Å². The first-order chi connectivity index (χ1) is 11.0. The molecule has 0 bridgehead atoms. The molecule has 0 aliphatic carbocycles. The van der Waals surface area contributed by atoms with Crippen molar-refractivity contribution in [3.63, 3.8) is 0 Å². The van der Waals surface area contributed by atoms with E-state index in [0.717, 1.165) is 10.9 Å². The van der Waals surface area contributed by atoms with Crippen LogP contribution in [0.4, 0.5) is 5.82 Å². The fraction of sp³-hybridized carbons (Fsp3) is 0.0625. The lowest BCUT2D eigenvalue weighted by atomic mass is 10.1. The standard InChI is InChI=1S/C16H12Cl2N4O/c1-9-2-7-13-12(8-9)14(20-16(18)19-13)21-22-15(23)10-3-5-11(17)6-4-10/h2-8H,1H3,(H,22,23)(H,19,20,21). The second kappa shape index (κ2) is 6.40. The molecule has 116 valence electrons. The number of halogens is 2. The summed E-state index contributed by atoms with van der Waals surface area (Å²) in [5.41, 5.74) is 7.61. The highest BCUT2D eigenvalue weighted by Gasteiger charge is 2.09. The molecule has 0 unspecified atom stereocenters. The van der Waals surface area contributed by atoms with Gasteiger partial charge >= 0.3 is 0 Å². The molecule has 2 N–H and O–H groups in total. The molecule has 0 radical (unpaired) electrons. The lowest BCUT2D eigenvalue weighted by Crippen LogP contribution is -2.30. The van der Waals surface area contributed by atoms with Gasteiger partial charge < -0.3 is 0 Å². The summed E-state index contributed by atoms with van der Waals surface area (Å²) in [6.45, 7) is 1.96. The van der Waals surface area contributed by atoms with Crippen molar-refractivity contribution in [3.8, 4) is 0 Å². The van der Waals surface area contributed by atoms with Crippen LogP contribution in [0.3, 0.4) is 0 Å². The zero-order chi connectivity index (χ0) is 16.4. The number of carbonyl (C=O) groups excluding carboxylic acids is 1. The van der Waals surface area contributed by atoms with Crippen molar-refractivity contribution >= 4 is 45.8 Å². The van der Waals surface area contributed by atoms with Crippen LogP contribution in [0.5, 0.6) is 0 Å². The Morgan fingerprint density at radius 3 is 2.52 bits per heavy atom. The van der Waals surface area contributed by atoms with Gasteiger partial charge in [0.25, 0.3) is 5.91 Å². The molecule has 3 aromatic rings. The summed E-state index contributed by atoms with van der Waals surface area (Å²) >= 11 is 11.7. The van der Waals surface area contributed by atoms with Gasteiger partial charge in [0.2, 0.25) is 5.28 Å². The molecule has 1 aromatic heterocycles. The Morgan fingerprint density at radius 2 is 1.78 bits per heavy atom. The molecule has 0 spiro atoms. The van der Waals surface area contributed by atoms with Crippen molar-refractivity contribution in [1.29, 1.82) is 0 Å². The molecule has 0 fully saturated rings. The van der Waals surface area contributed by atoms with Crippen LogP contribution >= 0.6 is 23.2 Å². The molecule has 0 saturated heterocycles. The Hall–Kier alpha value is -2.37. The molecule has 7 heteroatoms. The van der Waals surface area contributed by atoms with E-state index in [9.17, 15) is 4.79 Å². The number of amides is 1. The number of benzene rings is 2. The van der Waals surface area contributed by atoms with Crippen molar-refractivity contribution in [2.75, 3.05) is 5.43 Å². The molecule has 1 heterocycles. The number of fused-ring (bicyclic) bond motifs is 1. The molecular weight excluding hydrogens is 335 g/mol. The van der Waals surface area contributed by atoms with Crippen LogP contribution in [-0.2, 0) is 0 Å². The van der Waals surface area contributed by atoms with Crippen LogP contribution in [-0.4, -0.2) is 15.9 Å². The molecule has 3 rings (SSSR count). The SMILES string of the molecule is Cc1ccc2nc(Cl)nc(NNC(=O)c3ccc(Cl)cc3)c2c1. The van der Waals surface area contributed by atoms with Crippen molar-refractivity contribution in [2.45, 2.75) is 6.92 Å². The summed E-state index contributed by atoms with van der Waals surface area (Å²) in [7, 11) is 0. The van der Waals surface area contributed by atoms with Gasteiger partial charge in [0.05, 0.1) is 5.52 Å². The first-order valence-electron chi connectivity index (χ1n) is 6.79. The average Bonchev–Trinajstić information content (AvgIpc) is 2.53. The van der Waals surface area contributed by atoms with Crippen molar-refractivity contribution < 1.29 is 4.79 Å². The van der Waals surface area contributed by atoms with Crippen LogP contribution in [0.15, 0.2) is 42.5 Å². The van der Waals surface area contributed by atoms with Crippen molar-refractivity contribution in [2.24, 2.45) is 0 Å². The zero-order valence-electron chi connectivity index (χ0n) is 12.1. The van der Waals surface area contributed by atoms with Crippen molar-refractivity contribution in [1.82, 2.24) is 15.4 Å². The number of nitrogens with one attached hydrogen (secondary N) is 2. The van der Waals surface area contributed by atoms with Crippen LogP contribution in [0.25, 0.3) is 10.9 Å². The van der Waals surface area contributed by atoms with Crippen LogP contribution in [0, 0.1) is 6.92 Å². The molecular formula is C16H12Cl2N4O. The highest BCUT2D eigenvalue weighted by Crippen LogP contribution is 2.22. The van der Waals surface area contributed by atoms with E-state index in [1.807, 2.05) is 25.1 Å². The largest absolute Gasteiger partial charge is 0.281 e. The average molecular weight is 347 g/mol. The fourth-order valence-corrected chi connectivity index (χ4v) is 2.40. The predicted octanol–water partition coefficient (Wildman–Crippen LogP) is 4.00.